The Labute approximate surface area is 92.4 Å². The first-order valence-electron chi connectivity index (χ1n) is 4.29. The summed E-state index contributed by atoms with van der Waals surface area (Å²) >= 11 is 5.26. The van der Waals surface area contributed by atoms with E-state index >= 15 is 0 Å². The van der Waals surface area contributed by atoms with Gasteiger partial charge in [0.25, 0.3) is 0 Å². The summed E-state index contributed by atoms with van der Waals surface area (Å²) in [6.45, 7) is 0.239. The molecule has 1 rings (SSSR count). The summed E-state index contributed by atoms with van der Waals surface area (Å²) in [7, 11) is 0. The maximum absolute atomic E-state index is 12.5. The van der Waals surface area contributed by atoms with Gasteiger partial charge < -0.3 is 5.32 Å². The fraction of sp³-hybridized carbons (Fsp3) is 0.182. The minimum atomic E-state index is -0.295. The molecule has 0 saturated heterocycles. The molecule has 0 fully saturated rings. The highest BCUT2D eigenvalue weighted by atomic mass is 35.5. The Morgan fingerprint density at radius 1 is 1.40 bits per heavy atom. The number of carbonyl (C=O) groups is 1. The van der Waals surface area contributed by atoms with Crippen molar-refractivity contribution in [1.29, 1.82) is 0 Å². The third-order valence-corrected chi connectivity index (χ3v) is 1.82. The van der Waals surface area contributed by atoms with Crippen molar-refractivity contribution in [1.82, 2.24) is 5.32 Å². The normalized spacial score (nSPS) is 8.93. The largest absolute Gasteiger partial charge is 0.344 e. The Morgan fingerprint density at radius 2 is 2.07 bits per heavy atom. The van der Waals surface area contributed by atoms with Crippen molar-refractivity contribution >= 4 is 17.5 Å². The van der Waals surface area contributed by atoms with Gasteiger partial charge in [-0.1, -0.05) is 11.8 Å². The van der Waals surface area contributed by atoms with Crippen molar-refractivity contribution in [3.63, 3.8) is 0 Å². The predicted molar refractivity (Wildman–Crippen MR) is 57.0 cm³/mol. The predicted octanol–water partition coefficient (Wildman–Crippen LogP) is 1.53. The van der Waals surface area contributed by atoms with E-state index in [4.69, 9.17) is 11.6 Å². The molecule has 0 radical (unpaired) electrons. The summed E-state index contributed by atoms with van der Waals surface area (Å²) in [6, 6.07) is 5.82. The molecule has 0 aromatic heterocycles. The molecule has 4 heteroatoms. The highest BCUT2D eigenvalue weighted by Gasteiger charge is 1.93. The van der Waals surface area contributed by atoms with Gasteiger partial charge in [0.2, 0.25) is 5.91 Å². The highest BCUT2D eigenvalue weighted by molar-refractivity contribution is 6.27. The Balaban J connectivity index is 2.44. The quantitative estimate of drug-likeness (QED) is 0.600. The number of alkyl halides is 1. The van der Waals surface area contributed by atoms with E-state index < -0.39 is 0 Å². The third kappa shape index (κ3) is 4.48. The van der Waals surface area contributed by atoms with E-state index in [0.29, 0.717) is 5.56 Å². The molecule has 0 bridgehead atoms. The van der Waals surface area contributed by atoms with Crippen LogP contribution in [0.15, 0.2) is 24.3 Å². The number of nitrogens with one attached hydrogen (secondary N) is 1. The average molecular weight is 226 g/mol. The van der Waals surface area contributed by atoms with Gasteiger partial charge in [-0.15, -0.1) is 11.6 Å². The molecule has 78 valence electrons. The van der Waals surface area contributed by atoms with Crippen molar-refractivity contribution in [3.8, 4) is 11.8 Å². The molecule has 0 aliphatic heterocycles. The van der Waals surface area contributed by atoms with E-state index in [1.165, 1.54) is 12.1 Å². The Hall–Kier alpha value is -1.53. The first-order chi connectivity index (χ1) is 7.22. The Kier molecular flexibility index (Phi) is 4.65. The highest BCUT2D eigenvalue weighted by Crippen LogP contribution is 2.00. The molecule has 0 saturated carbocycles. The second kappa shape index (κ2) is 6.05. The zero-order valence-corrected chi connectivity index (χ0v) is 8.64. The molecule has 0 aliphatic carbocycles. The van der Waals surface area contributed by atoms with Gasteiger partial charge in [0.15, 0.2) is 0 Å². The van der Waals surface area contributed by atoms with E-state index in [1.807, 2.05) is 0 Å². The summed E-state index contributed by atoms with van der Waals surface area (Å²) in [5.41, 5.74) is 0.705. The zero-order valence-electron chi connectivity index (χ0n) is 7.89. The monoisotopic (exact) mass is 225 g/mol. The number of carbonyl (C=O) groups excluding carboxylic acids is 1. The van der Waals surface area contributed by atoms with E-state index in [0.717, 1.165) is 0 Å². The van der Waals surface area contributed by atoms with Crippen LogP contribution in [0.2, 0.25) is 0 Å². The molecule has 0 heterocycles. The van der Waals surface area contributed by atoms with Crippen LogP contribution in [0.4, 0.5) is 4.39 Å². The van der Waals surface area contributed by atoms with Crippen molar-refractivity contribution in [3.05, 3.63) is 35.6 Å². The lowest BCUT2D eigenvalue weighted by Crippen LogP contribution is -2.24. The topological polar surface area (TPSA) is 29.1 Å². The van der Waals surface area contributed by atoms with Gasteiger partial charge in [0.05, 0.1) is 6.54 Å². The van der Waals surface area contributed by atoms with Crippen LogP contribution >= 0.6 is 11.6 Å². The molecule has 0 atom stereocenters. The van der Waals surface area contributed by atoms with Gasteiger partial charge in [-0.3, -0.25) is 4.79 Å². The van der Waals surface area contributed by atoms with Crippen molar-refractivity contribution < 1.29 is 9.18 Å². The van der Waals surface area contributed by atoms with Crippen LogP contribution in [0, 0.1) is 17.7 Å². The number of amides is 1. The summed E-state index contributed by atoms with van der Waals surface area (Å²) in [5.74, 6) is 4.87. The first kappa shape index (κ1) is 11.5. The van der Waals surface area contributed by atoms with Crippen LogP contribution in [0.25, 0.3) is 0 Å². The molecule has 0 unspecified atom stereocenters. The number of halogens is 2. The van der Waals surface area contributed by atoms with Crippen LogP contribution in [0.1, 0.15) is 5.56 Å². The number of benzene rings is 1. The minimum Gasteiger partial charge on any atom is -0.344 e. The zero-order chi connectivity index (χ0) is 11.1. The van der Waals surface area contributed by atoms with Crippen LogP contribution in [0.3, 0.4) is 0 Å². The smallest absolute Gasteiger partial charge is 0.235 e. The first-order valence-corrected chi connectivity index (χ1v) is 4.83. The number of rotatable bonds is 2. The van der Waals surface area contributed by atoms with E-state index in [-0.39, 0.29) is 24.1 Å². The maximum atomic E-state index is 12.5. The number of hydrogen-bond donors (Lipinski definition) is 1. The SMILES string of the molecule is O=C(CCl)NCC#Cc1ccc(F)cc1. The molecule has 2 nitrogen and oxygen atoms in total. The van der Waals surface area contributed by atoms with Crippen LogP contribution in [0.5, 0.6) is 0 Å². The van der Waals surface area contributed by atoms with E-state index in [1.54, 1.807) is 12.1 Å². The van der Waals surface area contributed by atoms with Gasteiger partial charge in [0.1, 0.15) is 11.7 Å². The summed E-state index contributed by atoms with van der Waals surface area (Å²) in [5, 5.41) is 2.50. The number of hydrogen-bond acceptors (Lipinski definition) is 1. The fourth-order valence-corrected chi connectivity index (χ4v) is 0.964. The standard InChI is InChI=1S/C11H9ClFNO/c12-8-11(15)14-7-1-2-9-3-5-10(13)6-4-9/h3-6H,7-8H2,(H,14,15). The van der Waals surface area contributed by atoms with Crippen molar-refractivity contribution in [2.45, 2.75) is 0 Å². The molecule has 1 aromatic carbocycles. The summed E-state index contributed by atoms with van der Waals surface area (Å²) < 4.78 is 12.5. The second-order valence-corrected chi connectivity index (χ2v) is 2.99. The van der Waals surface area contributed by atoms with Crippen LogP contribution < -0.4 is 5.32 Å². The van der Waals surface area contributed by atoms with E-state index in [9.17, 15) is 9.18 Å². The molecule has 1 aromatic rings. The second-order valence-electron chi connectivity index (χ2n) is 2.72. The van der Waals surface area contributed by atoms with Gasteiger partial charge in [-0.25, -0.2) is 4.39 Å². The molecule has 0 spiro atoms. The fourth-order valence-electron chi connectivity index (χ4n) is 0.870. The summed E-state index contributed by atoms with van der Waals surface area (Å²) in [4.78, 5) is 10.7. The third-order valence-electron chi connectivity index (χ3n) is 1.57. The lowest BCUT2D eigenvalue weighted by Gasteiger charge is -1.94. The Bertz CT molecular complexity index is 391. The van der Waals surface area contributed by atoms with Gasteiger partial charge in [0, 0.05) is 5.56 Å². The van der Waals surface area contributed by atoms with Crippen LogP contribution in [-0.2, 0) is 4.79 Å². The minimum absolute atomic E-state index is 0.0712. The molecule has 1 N–H and O–H groups in total. The molecular weight excluding hydrogens is 217 g/mol. The van der Waals surface area contributed by atoms with Gasteiger partial charge in [-0.05, 0) is 24.3 Å². The van der Waals surface area contributed by atoms with E-state index in [2.05, 4.69) is 17.2 Å². The lowest BCUT2D eigenvalue weighted by atomic mass is 10.2. The maximum Gasteiger partial charge on any atom is 0.235 e. The Morgan fingerprint density at radius 3 is 2.67 bits per heavy atom. The van der Waals surface area contributed by atoms with Gasteiger partial charge in [-0.2, -0.15) is 0 Å². The average Bonchev–Trinajstić information content (AvgIpc) is 2.26. The van der Waals surface area contributed by atoms with Crippen molar-refractivity contribution in [2.75, 3.05) is 12.4 Å². The molecular formula is C11H9ClFNO. The van der Waals surface area contributed by atoms with Crippen LogP contribution in [-0.4, -0.2) is 18.3 Å². The molecule has 0 aliphatic rings. The van der Waals surface area contributed by atoms with Crippen molar-refractivity contribution in [2.24, 2.45) is 0 Å². The molecule has 1 amide bonds. The lowest BCUT2D eigenvalue weighted by molar-refractivity contribution is -0.118. The molecule has 15 heavy (non-hydrogen) atoms. The van der Waals surface area contributed by atoms with Gasteiger partial charge >= 0.3 is 0 Å². The summed E-state index contributed by atoms with van der Waals surface area (Å²) in [6.07, 6.45) is 0.